The molecule has 4 rings (SSSR count). The van der Waals surface area contributed by atoms with Crippen molar-refractivity contribution in [3.63, 3.8) is 0 Å². The summed E-state index contributed by atoms with van der Waals surface area (Å²) in [7, 11) is -2.37. The molecule has 0 N–H and O–H groups in total. The van der Waals surface area contributed by atoms with Gasteiger partial charge in [-0.1, -0.05) is 0 Å². The molecule has 11 heteroatoms. The molecule has 3 aromatic heterocycles. The molecule has 1 atom stereocenters. The number of nitrogens with zero attached hydrogens (tertiary/aromatic N) is 4. The van der Waals surface area contributed by atoms with E-state index in [9.17, 15) is 17.6 Å². The zero-order valence-electron chi connectivity index (χ0n) is 18.4. The van der Waals surface area contributed by atoms with E-state index in [2.05, 4.69) is 15.1 Å². The average molecular weight is 489 g/mol. The van der Waals surface area contributed by atoms with Crippen LogP contribution in [0.25, 0.3) is 10.8 Å². The van der Waals surface area contributed by atoms with E-state index in [-0.39, 0.29) is 33.7 Å². The van der Waals surface area contributed by atoms with Crippen LogP contribution in [0.2, 0.25) is 0 Å². The first-order chi connectivity index (χ1) is 15.6. The zero-order valence-corrected chi connectivity index (χ0v) is 20.0. The topological polar surface area (TPSA) is 104 Å². The molecule has 4 aromatic rings. The summed E-state index contributed by atoms with van der Waals surface area (Å²) in [5, 5.41) is 6.65. The van der Waals surface area contributed by atoms with E-state index in [4.69, 9.17) is 4.74 Å². The largest absolute Gasteiger partial charge is 0.375 e. The zero-order chi connectivity index (χ0) is 23.9. The maximum absolute atomic E-state index is 14.3. The van der Waals surface area contributed by atoms with Crippen molar-refractivity contribution in [2.45, 2.75) is 43.3 Å². The molecule has 0 fully saturated rings. The van der Waals surface area contributed by atoms with Gasteiger partial charge in [-0.2, -0.15) is 5.10 Å². The van der Waals surface area contributed by atoms with E-state index < -0.39 is 21.2 Å². The van der Waals surface area contributed by atoms with Gasteiger partial charge in [0, 0.05) is 23.6 Å². The van der Waals surface area contributed by atoms with Crippen LogP contribution in [0.3, 0.4) is 0 Å². The molecule has 33 heavy (non-hydrogen) atoms. The first-order valence-electron chi connectivity index (χ1n) is 9.97. The number of benzene rings is 1. The van der Waals surface area contributed by atoms with Gasteiger partial charge in [-0.15, -0.1) is 11.3 Å². The van der Waals surface area contributed by atoms with Gasteiger partial charge in [0.1, 0.15) is 16.9 Å². The monoisotopic (exact) mass is 488 g/mol. The molecular weight excluding hydrogens is 467 g/mol. The fourth-order valence-corrected chi connectivity index (χ4v) is 5.64. The summed E-state index contributed by atoms with van der Waals surface area (Å²) in [5.41, 5.74) is 1.02. The van der Waals surface area contributed by atoms with Crippen LogP contribution in [0.5, 0.6) is 0 Å². The van der Waals surface area contributed by atoms with E-state index in [1.165, 1.54) is 54.3 Å². The van der Waals surface area contributed by atoms with Gasteiger partial charge >= 0.3 is 0 Å². The van der Waals surface area contributed by atoms with Crippen molar-refractivity contribution in [3.05, 3.63) is 74.0 Å². The molecule has 1 unspecified atom stereocenters. The number of hydrogen-bond donors (Lipinski definition) is 0. The van der Waals surface area contributed by atoms with Crippen LogP contribution in [0.1, 0.15) is 35.0 Å². The Kier molecular flexibility index (Phi) is 6.12. The van der Waals surface area contributed by atoms with E-state index in [0.29, 0.717) is 21.7 Å². The highest BCUT2D eigenvalue weighted by Crippen LogP contribution is 2.28. The van der Waals surface area contributed by atoms with Crippen LogP contribution < -0.4 is 5.56 Å². The maximum Gasteiger partial charge on any atom is 0.274 e. The van der Waals surface area contributed by atoms with Gasteiger partial charge in [0.25, 0.3) is 5.56 Å². The lowest BCUT2D eigenvalue weighted by Crippen LogP contribution is -2.24. The van der Waals surface area contributed by atoms with Crippen LogP contribution in [0.15, 0.2) is 50.6 Å². The van der Waals surface area contributed by atoms with Crippen molar-refractivity contribution in [2.24, 2.45) is 0 Å². The molecule has 0 aliphatic carbocycles. The molecular formula is C22H21FN4O4S2. The number of sulfone groups is 1. The summed E-state index contributed by atoms with van der Waals surface area (Å²) in [6, 6.07) is 5.55. The number of rotatable bonds is 6. The Morgan fingerprint density at radius 2 is 1.97 bits per heavy atom. The molecule has 0 amide bonds. The lowest BCUT2D eigenvalue weighted by Gasteiger charge is -2.09. The molecule has 172 valence electrons. The van der Waals surface area contributed by atoms with Gasteiger partial charge in [-0.3, -0.25) is 9.78 Å². The Labute approximate surface area is 193 Å². The summed E-state index contributed by atoms with van der Waals surface area (Å²) in [4.78, 5) is 21.3. The number of fused-ring (bicyclic) bond motifs is 1. The fraction of sp³-hybridized carbons (Fsp3) is 0.273. The van der Waals surface area contributed by atoms with E-state index in [1.807, 2.05) is 0 Å². The number of aryl methyl sites for hydroxylation is 2. The summed E-state index contributed by atoms with van der Waals surface area (Å²) in [6.45, 7) is 5.16. The van der Waals surface area contributed by atoms with Gasteiger partial charge in [0.15, 0.2) is 5.03 Å². The standard InChI is InChI=1S/C22H21FN4O4S2/c1-12-7-18(23)19(25-13(12)2)10-27-22(28)17-6-5-16(8-15(17)9-24-27)33(29,30)20-11-32-21(26-20)14(3)31-4/h5-9,11,14H,10H2,1-4H3. The van der Waals surface area contributed by atoms with Crippen molar-refractivity contribution in [1.29, 1.82) is 0 Å². The summed E-state index contributed by atoms with van der Waals surface area (Å²) in [6.07, 6.45) is 1.06. The van der Waals surface area contributed by atoms with Crippen LogP contribution in [-0.2, 0) is 21.1 Å². The number of thiazole rings is 1. The van der Waals surface area contributed by atoms with Crippen molar-refractivity contribution >= 4 is 31.9 Å². The second-order valence-electron chi connectivity index (χ2n) is 7.58. The minimum atomic E-state index is -3.89. The number of ether oxygens (including phenoxy) is 1. The Morgan fingerprint density at radius 3 is 2.70 bits per heavy atom. The minimum Gasteiger partial charge on any atom is -0.375 e. The highest BCUT2D eigenvalue weighted by Gasteiger charge is 2.23. The van der Waals surface area contributed by atoms with Gasteiger partial charge in [-0.05, 0) is 50.6 Å². The Balaban J connectivity index is 1.70. The van der Waals surface area contributed by atoms with Crippen molar-refractivity contribution in [1.82, 2.24) is 19.7 Å². The molecule has 0 saturated heterocycles. The fourth-order valence-electron chi connectivity index (χ4n) is 3.22. The Hall–Kier alpha value is -3.02. The molecule has 0 spiro atoms. The SMILES string of the molecule is COC(C)c1nc(S(=O)(=O)c2ccc3c(=O)n(Cc4nc(C)c(C)cc4F)ncc3c2)cs1. The average Bonchev–Trinajstić information content (AvgIpc) is 3.29. The number of aromatic nitrogens is 4. The lowest BCUT2D eigenvalue weighted by molar-refractivity contribution is 0.119. The number of pyridine rings is 1. The first-order valence-corrected chi connectivity index (χ1v) is 12.3. The molecule has 0 radical (unpaired) electrons. The Bertz CT molecular complexity index is 1530. The summed E-state index contributed by atoms with van der Waals surface area (Å²) >= 11 is 1.20. The van der Waals surface area contributed by atoms with E-state index in [1.54, 1.807) is 20.8 Å². The van der Waals surface area contributed by atoms with Crippen LogP contribution in [0.4, 0.5) is 4.39 Å². The lowest BCUT2D eigenvalue weighted by atomic mass is 10.2. The summed E-state index contributed by atoms with van der Waals surface area (Å²) in [5.74, 6) is -0.515. The first kappa shape index (κ1) is 23.1. The summed E-state index contributed by atoms with van der Waals surface area (Å²) < 4.78 is 46.7. The molecule has 3 heterocycles. The number of methoxy groups -OCH3 is 1. The van der Waals surface area contributed by atoms with Crippen LogP contribution in [0, 0.1) is 19.7 Å². The third-order valence-electron chi connectivity index (χ3n) is 5.40. The third kappa shape index (κ3) is 4.31. The highest BCUT2D eigenvalue weighted by atomic mass is 32.2. The maximum atomic E-state index is 14.3. The number of halogens is 1. The van der Waals surface area contributed by atoms with Crippen molar-refractivity contribution in [3.8, 4) is 0 Å². The van der Waals surface area contributed by atoms with E-state index in [0.717, 1.165) is 4.68 Å². The molecule has 0 aliphatic rings. The molecule has 1 aromatic carbocycles. The van der Waals surface area contributed by atoms with Crippen molar-refractivity contribution in [2.75, 3.05) is 7.11 Å². The molecule has 0 aliphatic heterocycles. The molecule has 8 nitrogen and oxygen atoms in total. The van der Waals surface area contributed by atoms with Crippen molar-refractivity contribution < 1.29 is 17.5 Å². The third-order valence-corrected chi connectivity index (χ3v) is 8.19. The minimum absolute atomic E-state index is 0.00209. The van der Waals surface area contributed by atoms with Gasteiger partial charge < -0.3 is 4.74 Å². The number of hydrogen-bond acceptors (Lipinski definition) is 8. The predicted octanol–water partition coefficient (Wildman–Crippen LogP) is 3.59. The normalized spacial score (nSPS) is 12.9. The van der Waals surface area contributed by atoms with Gasteiger partial charge in [-0.25, -0.2) is 22.5 Å². The molecule has 0 bridgehead atoms. The predicted molar refractivity (Wildman–Crippen MR) is 122 cm³/mol. The second kappa shape index (κ2) is 8.73. The Morgan fingerprint density at radius 1 is 1.21 bits per heavy atom. The molecule has 0 saturated carbocycles. The van der Waals surface area contributed by atoms with E-state index >= 15 is 0 Å². The quantitative estimate of drug-likeness (QED) is 0.408. The highest BCUT2D eigenvalue weighted by molar-refractivity contribution is 7.91. The van der Waals surface area contributed by atoms with Gasteiger partial charge in [0.05, 0.1) is 28.7 Å². The van der Waals surface area contributed by atoms with Gasteiger partial charge in [0.2, 0.25) is 9.84 Å². The van der Waals surface area contributed by atoms with Crippen LogP contribution in [-0.4, -0.2) is 35.3 Å². The second-order valence-corrected chi connectivity index (χ2v) is 10.4. The van der Waals surface area contributed by atoms with Crippen LogP contribution >= 0.6 is 11.3 Å². The smallest absolute Gasteiger partial charge is 0.274 e.